The van der Waals surface area contributed by atoms with Crippen LogP contribution >= 0.6 is 0 Å². The number of carbonyl (C=O) groups is 1. The molecule has 0 unspecified atom stereocenters. The number of amides is 1. The maximum atomic E-state index is 12.9. The van der Waals surface area contributed by atoms with E-state index in [1.54, 1.807) is 17.2 Å². The summed E-state index contributed by atoms with van der Waals surface area (Å²) in [4.78, 5) is 27.9. The number of fused-ring (bicyclic) bond motifs is 1. The lowest BCUT2D eigenvalue weighted by Gasteiger charge is -2.43. The van der Waals surface area contributed by atoms with E-state index < -0.39 is 5.72 Å². The number of carbonyl (C=O) groups excluding carboxylic acids is 1. The fraction of sp³-hybridized carbons (Fsp3) is 0.292. The Labute approximate surface area is 190 Å². The summed E-state index contributed by atoms with van der Waals surface area (Å²) in [5.41, 5.74) is 3.00. The van der Waals surface area contributed by atoms with Gasteiger partial charge in [0.1, 0.15) is 18.1 Å². The average molecular weight is 441 g/mol. The van der Waals surface area contributed by atoms with Gasteiger partial charge in [0.2, 0.25) is 0 Å². The molecule has 1 amide bonds. The zero-order valence-corrected chi connectivity index (χ0v) is 18.0. The molecule has 9 heteroatoms. The fourth-order valence-corrected chi connectivity index (χ4v) is 4.76. The Morgan fingerprint density at radius 1 is 0.939 bits per heavy atom. The first-order valence-corrected chi connectivity index (χ1v) is 11.1. The molecule has 9 nitrogen and oxygen atoms in total. The number of benzene rings is 2. The molecular weight excluding hydrogens is 418 g/mol. The molecule has 4 heterocycles. The number of rotatable bonds is 4. The summed E-state index contributed by atoms with van der Waals surface area (Å²) in [7, 11) is 0. The van der Waals surface area contributed by atoms with Crippen LogP contribution in [0.25, 0.3) is 16.7 Å². The van der Waals surface area contributed by atoms with E-state index in [1.807, 2.05) is 59.6 Å². The second-order valence-corrected chi connectivity index (χ2v) is 8.37. The zero-order valence-electron chi connectivity index (χ0n) is 18.0. The molecule has 33 heavy (non-hydrogen) atoms. The van der Waals surface area contributed by atoms with Gasteiger partial charge in [0.05, 0.1) is 41.9 Å². The van der Waals surface area contributed by atoms with Gasteiger partial charge in [-0.2, -0.15) is 15.0 Å². The number of anilines is 1. The van der Waals surface area contributed by atoms with Crippen molar-refractivity contribution in [3.05, 3.63) is 72.7 Å². The number of aromatic nitrogens is 5. The lowest BCUT2D eigenvalue weighted by molar-refractivity contribution is -0.137. The van der Waals surface area contributed by atoms with Crippen LogP contribution < -0.4 is 4.90 Å². The zero-order chi connectivity index (χ0) is 22.3. The quantitative estimate of drug-likeness (QED) is 0.481. The number of hydrogen-bond acceptors (Lipinski definition) is 7. The topological polar surface area (TPSA) is 89.3 Å². The summed E-state index contributed by atoms with van der Waals surface area (Å²) in [6.45, 7) is 2.03. The van der Waals surface area contributed by atoms with E-state index in [0.29, 0.717) is 19.4 Å². The van der Waals surface area contributed by atoms with Gasteiger partial charge in [-0.25, -0.2) is 4.98 Å². The normalized spacial score (nSPS) is 17.9. The van der Waals surface area contributed by atoms with Gasteiger partial charge in [0, 0.05) is 25.9 Å². The molecule has 0 bridgehead atoms. The Morgan fingerprint density at radius 3 is 2.48 bits per heavy atom. The van der Waals surface area contributed by atoms with Crippen LogP contribution in [-0.4, -0.2) is 61.2 Å². The van der Waals surface area contributed by atoms with Crippen LogP contribution in [0.2, 0.25) is 0 Å². The highest BCUT2D eigenvalue weighted by Gasteiger charge is 2.48. The van der Waals surface area contributed by atoms with Crippen molar-refractivity contribution in [3.8, 4) is 5.69 Å². The summed E-state index contributed by atoms with van der Waals surface area (Å²) in [6, 6.07) is 15.8. The summed E-state index contributed by atoms with van der Waals surface area (Å²) in [5.74, 6) is 0.867. The molecule has 2 aromatic heterocycles. The third-order valence-corrected chi connectivity index (χ3v) is 6.52. The minimum atomic E-state index is -0.609. The average Bonchev–Trinajstić information content (AvgIpc) is 3.50. The minimum absolute atomic E-state index is 0.0113. The van der Waals surface area contributed by atoms with Crippen molar-refractivity contribution in [3.63, 3.8) is 0 Å². The Kier molecular flexibility index (Phi) is 4.76. The van der Waals surface area contributed by atoms with E-state index in [9.17, 15) is 4.79 Å². The number of nitrogens with zero attached hydrogens (tertiary/aromatic N) is 7. The molecule has 1 spiro atoms. The lowest BCUT2D eigenvalue weighted by Crippen LogP contribution is -2.54. The first kappa shape index (κ1) is 19.8. The predicted octanol–water partition coefficient (Wildman–Crippen LogP) is 2.57. The molecule has 166 valence electrons. The second kappa shape index (κ2) is 7.93. The molecule has 6 rings (SSSR count). The highest BCUT2D eigenvalue weighted by atomic mass is 16.5. The van der Waals surface area contributed by atoms with Crippen LogP contribution in [0.4, 0.5) is 5.82 Å². The van der Waals surface area contributed by atoms with E-state index in [2.05, 4.69) is 20.1 Å². The van der Waals surface area contributed by atoms with Crippen molar-refractivity contribution in [2.45, 2.75) is 25.1 Å². The van der Waals surface area contributed by atoms with E-state index >= 15 is 0 Å². The summed E-state index contributed by atoms with van der Waals surface area (Å²) >= 11 is 0. The highest BCUT2D eigenvalue weighted by molar-refractivity contribution is 5.80. The molecule has 0 aliphatic carbocycles. The molecule has 2 aliphatic rings. The van der Waals surface area contributed by atoms with Crippen molar-refractivity contribution >= 4 is 22.8 Å². The van der Waals surface area contributed by atoms with Gasteiger partial charge in [-0.05, 0) is 23.8 Å². The predicted molar refractivity (Wildman–Crippen MR) is 122 cm³/mol. The first-order valence-electron chi connectivity index (χ1n) is 11.1. The van der Waals surface area contributed by atoms with Crippen molar-refractivity contribution in [2.24, 2.45) is 0 Å². The largest absolute Gasteiger partial charge is 0.355 e. The molecule has 0 radical (unpaired) electrons. The van der Waals surface area contributed by atoms with Crippen molar-refractivity contribution in [1.82, 2.24) is 29.9 Å². The van der Waals surface area contributed by atoms with E-state index in [1.165, 1.54) is 0 Å². The number of para-hydroxylation sites is 3. The van der Waals surface area contributed by atoms with Gasteiger partial charge < -0.3 is 14.5 Å². The third-order valence-electron chi connectivity index (χ3n) is 6.52. The monoisotopic (exact) mass is 441 g/mol. The minimum Gasteiger partial charge on any atom is -0.355 e. The molecule has 2 fully saturated rings. The van der Waals surface area contributed by atoms with Crippen LogP contribution in [0.15, 0.2) is 67.1 Å². The van der Waals surface area contributed by atoms with Crippen molar-refractivity contribution < 1.29 is 9.53 Å². The summed E-state index contributed by atoms with van der Waals surface area (Å²) in [6.07, 6.45) is 6.53. The number of hydrogen-bond donors (Lipinski definition) is 0. The summed E-state index contributed by atoms with van der Waals surface area (Å²) in [5, 5.41) is 8.52. The van der Waals surface area contributed by atoms with E-state index in [-0.39, 0.29) is 12.5 Å². The molecule has 0 N–H and O–H groups in total. The van der Waals surface area contributed by atoms with Crippen molar-refractivity contribution in [2.75, 3.05) is 24.6 Å². The molecule has 0 atom stereocenters. The third kappa shape index (κ3) is 3.50. The van der Waals surface area contributed by atoms with Crippen LogP contribution in [0.5, 0.6) is 0 Å². The van der Waals surface area contributed by atoms with E-state index in [0.717, 1.165) is 41.2 Å². The standard InChI is InChI=1S/C24H23N7O2/c32-23-17-33-24(30(23)16-18-5-1-4-8-21(18)31-26-11-12-27-31)9-13-29(14-10-24)22-15-25-19-6-2-3-7-20(19)28-22/h1-8,11-12,15H,9-10,13-14,16-17H2. The Bertz CT molecular complexity index is 1300. The molecule has 4 aromatic rings. The maximum absolute atomic E-state index is 12.9. The Balaban J connectivity index is 1.23. The number of piperidine rings is 1. The Hall–Kier alpha value is -3.85. The lowest BCUT2D eigenvalue weighted by atomic mass is 9.98. The van der Waals surface area contributed by atoms with Crippen LogP contribution in [0, 0.1) is 0 Å². The SMILES string of the molecule is O=C1COC2(CCN(c3cnc4ccccc4n3)CC2)N1Cc1ccccc1-n1nccn1. The molecule has 2 saturated heterocycles. The van der Waals surface area contributed by atoms with Crippen molar-refractivity contribution in [1.29, 1.82) is 0 Å². The van der Waals surface area contributed by atoms with Gasteiger partial charge >= 0.3 is 0 Å². The molecule has 2 aromatic carbocycles. The fourth-order valence-electron chi connectivity index (χ4n) is 4.76. The number of ether oxygens (including phenoxy) is 1. The van der Waals surface area contributed by atoms with E-state index in [4.69, 9.17) is 9.72 Å². The van der Waals surface area contributed by atoms with Crippen LogP contribution in [0.3, 0.4) is 0 Å². The molecular formula is C24H23N7O2. The smallest absolute Gasteiger partial charge is 0.251 e. The van der Waals surface area contributed by atoms with Crippen LogP contribution in [0.1, 0.15) is 18.4 Å². The maximum Gasteiger partial charge on any atom is 0.251 e. The molecule has 2 aliphatic heterocycles. The van der Waals surface area contributed by atoms with Gasteiger partial charge in [-0.3, -0.25) is 9.78 Å². The molecule has 0 saturated carbocycles. The van der Waals surface area contributed by atoms with Crippen LogP contribution in [-0.2, 0) is 16.1 Å². The van der Waals surface area contributed by atoms with Gasteiger partial charge in [0.15, 0.2) is 0 Å². The summed E-state index contributed by atoms with van der Waals surface area (Å²) < 4.78 is 6.14. The first-order chi connectivity index (χ1) is 16.2. The van der Waals surface area contributed by atoms with Gasteiger partial charge in [0.25, 0.3) is 5.91 Å². The highest BCUT2D eigenvalue weighted by Crippen LogP contribution is 2.37. The second-order valence-electron chi connectivity index (χ2n) is 8.37. The van der Waals surface area contributed by atoms with Gasteiger partial charge in [-0.15, -0.1) is 0 Å². The Morgan fingerprint density at radius 2 is 1.67 bits per heavy atom. The van der Waals surface area contributed by atoms with Gasteiger partial charge in [-0.1, -0.05) is 30.3 Å².